The predicted octanol–water partition coefficient (Wildman–Crippen LogP) is 5.18. The fourth-order valence-electron chi connectivity index (χ4n) is 3.21. The Kier molecular flexibility index (Phi) is 4.30. The molecule has 0 radical (unpaired) electrons. The summed E-state index contributed by atoms with van der Waals surface area (Å²) >= 11 is 3.62. The molecule has 0 saturated carbocycles. The summed E-state index contributed by atoms with van der Waals surface area (Å²) in [5.74, 6) is 0.705. The number of alkyl halides is 1. The molecule has 0 aliphatic carbocycles. The molecule has 1 aromatic heterocycles. The average molecular weight is 378 g/mol. The van der Waals surface area contributed by atoms with Gasteiger partial charge in [-0.05, 0) is 43.7 Å². The maximum atomic E-state index is 12.6. The van der Waals surface area contributed by atoms with E-state index in [0.717, 1.165) is 37.1 Å². The topological polar surface area (TPSA) is 33.5 Å². The molecule has 1 aromatic carbocycles. The molecule has 4 heteroatoms. The summed E-state index contributed by atoms with van der Waals surface area (Å²) in [6.45, 7) is 10.5. The lowest BCUT2D eigenvalue weighted by molar-refractivity contribution is 0.274. The van der Waals surface area contributed by atoms with E-state index in [0.29, 0.717) is 22.3 Å². The van der Waals surface area contributed by atoms with E-state index in [4.69, 9.17) is 4.42 Å². The maximum absolute atomic E-state index is 12.6. The zero-order valence-corrected chi connectivity index (χ0v) is 15.9. The van der Waals surface area contributed by atoms with Crippen LogP contribution in [0.5, 0.6) is 0 Å². The first-order valence-corrected chi connectivity index (χ1v) is 9.16. The van der Waals surface area contributed by atoms with Crippen LogP contribution in [-0.4, -0.2) is 13.1 Å². The highest BCUT2D eigenvalue weighted by Crippen LogP contribution is 2.35. The highest BCUT2D eigenvalue weighted by atomic mass is 79.9. The molecule has 1 aliphatic rings. The summed E-state index contributed by atoms with van der Waals surface area (Å²) in [7, 11) is 0. The smallest absolute Gasteiger partial charge is 0.199 e. The van der Waals surface area contributed by atoms with Gasteiger partial charge in [0.2, 0.25) is 0 Å². The molecule has 0 N–H and O–H groups in total. The van der Waals surface area contributed by atoms with Crippen LogP contribution in [0.25, 0.3) is 11.0 Å². The second kappa shape index (κ2) is 5.97. The Bertz CT molecular complexity index is 782. The average Bonchev–Trinajstić information content (AvgIpc) is 2.47. The number of hydrogen-bond acceptors (Lipinski definition) is 3. The minimum atomic E-state index is 0.0455. The van der Waals surface area contributed by atoms with E-state index in [1.807, 2.05) is 13.0 Å². The number of hydrogen-bond donors (Lipinski definition) is 0. The largest absolute Gasteiger partial charge is 0.440 e. The summed E-state index contributed by atoms with van der Waals surface area (Å²) in [4.78, 5) is 14.9. The van der Waals surface area contributed by atoms with Crippen molar-refractivity contribution in [3.05, 3.63) is 39.5 Å². The molecule has 1 aliphatic heterocycles. The van der Waals surface area contributed by atoms with Crippen LogP contribution in [0.3, 0.4) is 0 Å². The molecule has 0 bridgehead atoms. The molecule has 3 rings (SSSR count). The van der Waals surface area contributed by atoms with Crippen LogP contribution in [0.4, 0.5) is 5.88 Å². The monoisotopic (exact) mass is 377 g/mol. The third-order valence-electron chi connectivity index (χ3n) is 4.85. The lowest BCUT2D eigenvalue weighted by Crippen LogP contribution is -2.37. The van der Waals surface area contributed by atoms with Gasteiger partial charge in [-0.15, -0.1) is 0 Å². The first kappa shape index (κ1) is 16.6. The molecule has 1 saturated heterocycles. The van der Waals surface area contributed by atoms with Crippen LogP contribution >= 0.6 is 15.9 Å². The highest BCUT2D eigenvalue weighted by Gasteiger charge is 2.27. The van der Waals surface area contributed by atoms with E-state index in [1.165, 1.54) is 0 Å². The van der Waals surface area contributed by atoms with E-state index in [9.17, 15) is 4.79 Å². The number of halogens is 1. The Morgan fingerprint density at radius 2 is 1.87 bits per heavy atom. The van der Waals surface area contributed by atoms with Gasteiger partial charge >= 0.3 is 0 Å². The molecule has 3 nitrogen and oxygen atoms in total. The number of benzene rings is 1. The van der Waals surface area contributed by atoms with Crippen molar-refractivity contribution in [3.63, 3.8) is 0 Å². The molecule has 2 heterocycles. The zero-order valence-electron chi connectivity index (χ0n) is 14.3. The van der Waals surface area contributed by atoms with Crippen molar-refractivity contribution in [1.29, 1.82) is 0 Å². The minimum absolute atomic E-state index is 0.0455. The molecule has 1 fully saturated rings. The van der Waals surface area contributed by atoms with Crippen molar-refractivity contribution in [2.75, 3.05) is 18.0 Å². The summed E-state index contributed by atoms with van der Waals surface area (Å²) in [5, 5.41) is 0.674. The first-order chi connectivity index (χ1) is 10.8. The molecular formula is C19H24BrNO2. The summed E-state index contributed by atoms with van der Waals surface area (Å²) in [5.41, 5.74) is 3.26. The number of piperidine rings is 1. The van der Waals surface area contributed by atoms with E-state index >= 15 is 0 Å². The van der Waals surface area contributed by atoms with E-state index < -0.39 is 0 Å². The standard InChI is InChI=1S/C19H24BrNO2/c1-12-9-14(13(2)20)18-15(10-12)16(22)11-17(23-18)21-7-5-19(3,4)6-8-21/h9-11,13H,5-8H2,1-4H3. The summed E-state index contributed by atoms with van der Waals surface area (Å²) in [6.07, 6.45) is 2.23. The van der Waals surface area contributed by atoms with Gasteiger partial charge in [0.15, 0.2) is 11.3 Å². The van der Waals surface area contributed by atoms with Crippen LogP contribution in [0, 0.1) is 12.3 Å². The lowest BCUT2D eigenvalue weighted by Gasteiger charge is -2.37. The number of anilines is 1. The maximum Gasteiger partial charge on any atom is 0.199 e. The number of nitrogens with zero attached hydrogens (tertiary/aromatic N) is 1. The van der Waals surface area contributed by atoms with Gasteiger partial charge in [0, 0.05) is 29.5 Å². The first-order valence-electron chi connectivity index (χ1n) is 8.24. The van der Waals surface area contributed by atoms with Crippen LogP contribution in [0.1, 0.15) is 49.6 Å². The second-order valence-electron chi connectivity index (χ2n) is 7.45. The van der Waals surface area contributed by atoms with Gasteiger partial charge < -0.3 is 9.32 Å². The second-order valence-corrected chi connectivity index (χ2v) is 8.82. The van der Waals surface area contributed by atoms with Crippen molar-refractivity contribution < 1.29 is 4.42 Å². The van der Waals surface area contributed by atoms with Crippen molar-refractivity contribution in [1.82, 2.24) is 0 Å². The normalized spacial score (nSPS) is 19.1. The van der Waals surface area contributed by atoms with Crippen molar-refractivity contribution in [2.45, 2.75) is 45.4 Å². The number of fused-ring (bicyclic) bond motifs is 1. The predicted molar refractivity (Wildman–Crippen MR) is 99.8 cm³/mol. The van der Waals surface area contributed by atoms with Crippen molar-refractivity contribution >= 4 is 32.8 Å². The molecule has 0 amide bonds. The van der Waals surface area contributed by atoms with E-state index in [-0.39, 0.29) is 10.3 Å². The molecule has 23 heavy (non-hydrogen) atoms. The van der Waals surface area contributed by atoms with Crippen LogP contribution in [0.15, 0.2) is 27.4 Å². The van der Waals surface area contributed by atoms with E-state index in [1.54, 1.807) is 6.07 Å². The summed E-state index contributed by atoms with van der Waals surface area (Å²) in [6, 6.07) is 5.67. The van der Waals surface area contributed by atoms with E-state index in [2.05, 4.69) is 47.7 Å². The van der Waals surface area contributed by atoms with Crippen LogP contribution in [0.2, 0.25) is 0 Å². The van der Waals surface area contributed by atoms with Gasteiger partial charge in [-0.1, -0.05) is 35.8 Å². The van der Waals surface area contributed by atoms with Crippen molar-refractivity contribution in [3.8, 4) is 0 Å². The zero-order chi connectivity index (χ0) is 16.8. The minimum Gasteiger partial charge on any atom is -0.440 e. The lowest BCUT2D eigenvalue weighted by atomic mass is 9.83. The van der Waals surface area contributed by atoms with Gasteiger partial charge in [0.25, 0.3) is 0 Å². The molecular weight excluding hydrogens is 354 g/mol. The SMILES string of the molecule is Cc1cc(C(C)Br)c2oc(N3CCC(C)(C)CC3)cc(=O)c2c1. The third kappa shape index (κ3) is 3.32. The van der Waals surface area contributed by atoms with Crippen LogP contribution < -0.4 is 10.3 Å². The Labute approximate surface area is 145 Å². The van der Waals surface area contributed by atoms with Gasteiger partial charge in [-0.3, -0.25) is 4.79 Å². The highest BCUT2D eigenvalue weighted by molar-refractivity contribution is 9.09. The fourth-order valence-corrected chi connectivity index (χ4v) is 3.55. The quantitative estimate of drug-likeness (QED) is 0.675. The summed E-state index contributed by atoms with van der Waals surface area (Å²) < 4.78 is 6.19. The Morgan fingerprint density at radius 1 is 1.22 bits per heavy atom. The Morgan fingerprint density at radius 3 is 2.48 bits per heavy atom. The third-order valence-corrected chi connectivity index (χ3v) is 5.34. The fraction of sp³-hybridized carbons (Fsp3) is 0.526. The molecule has 1 atom stereocenters. The molecule has 0 spiro atoms. The van der Waals surface area contributed by atoms with Gasteiger partial charge in [-0.25, -0.2) is 0 Å². The van der Waals surface area contributed by atoms with Gasteiger partial charge in [0.05, 0.1) is 5.39 Å². The molecule has 1 unspecified atom stereocenters. The Hall–Kier alpha value is -1.29. The van der Waals surface area contributed by atoms with Gasteiger partial charge in [-0.2, -0.15) is 0 Å². The van der Waals surface area contributed by atoms with Gasteiger partial charge in [0.1, 0.15) is 5.58 Å². The number of rotatable bonds is 2. The number of aryl methyl sites for hydroxylation is 1. The van der Waals surface area contributed by atoms with Crippen molar-refractivity contribution in [2.24, 2.45) is 5.41 Å². The molecule has 124 valence electrons. The Balaban J connectivity index is 2.09. The van der Waals surface area contributed by atoms with Crippen LogP contribution in [-0.2, 0) is 0 Å². The molecule has 2 aromatic rings.